The number of carbonyl (C=O) groups excluding carboxylic acids is 3. The van der Waals surface area contributed by atoms with E-state index in [0.29, 0.717) is 28.0 Å². The van der Waals surface area contributed by atoms with Gasteiger partial charge in [-0.05, 0) is 48.9 Å². The number of hydrogen-bond acceptors (Lipinski definition) is 4. The van der Waals surface area contributed by atoms with Crippen LogP contribution in [0.15, 0.2) is 71.3 Å². The molecule has 146 valence electrons. The van der Waals surface area contributed by atoms with Gasteiger partial charge in [0.15, 0.2) is 0 Å². The van der Waals surface area contributed by atoms with Gasteiger partial charge in [-0.25, -0.2) is 0 Å². The number of amides is 3. The molecule has 1 unspecified atom stereocenters. The van der Waals surface area contributed by atoms with Crippen molar-refractivity contribution in [1.29, 1.82) is 0 Å². The van der Waals surface area contributed by atoms with Gasteiger partial charge in [0.05, 0.1) is 30.0 Å². The molecule has 0 saturated heterocycles. The average Bonchev–Trinajstić information content (AvgIpc) is 3.37. The molecule has 3 amide bonds. The zero-order chi connectivity index (χ0) is 20.5. The van der Waals surface area contributed by atoms with E-state index >= 15 is 0 Å². The van der Waals surface area contributed by atoms with E-state index in [1.54, 1.807) is 72.8 Å². The number of carbonyl (C=O) groups is 3. The lowest BCUT2D eigenvalue weighted by Gasteiger charge is -2.23. The van der Waals surface area contributed by atoms with Gasteiger partial charge in [0, 0.05) is 12.6 Å². The van der Waals surface area contributed by atoms with E-state index in [1.165, 1.54) is 4.90 Å². The summed E-state index contributed by atoms with van der Waals surface area (Å²) in [6.45, 7) is 2.00. The van der Waals surface area contributed by atoms with Crippen molar-refractivity contribution in [1.82, 2.24) is 9.80 Å². The van der Waals surface area contributed by atoms with Gasteiger partial charge in [-0.2, -0.15) is 0 Å². The zero-order valence-corrected chi connectivity index (χ0v) is 16.2. The zero-order valence-electron chi connectivity index (χ0n) is 16.2. The summed E-state index contributed by atoms with van der Waals surface area (Å²) in [6.07, 6.45) is 1.58. The van der Waals surface area contributed by atoms with Crippen LogP contribution in [0, 0.1) is 0 Å². The highest BCUT2D eigenvalue weighted by atomic mass is 16.3. The highest BCUT2D eigenvalue weighted by Crippen LogP contribution is 2.25. The molecule has 1 atom stereocenters. The maximum Gasteiger partial charge on any atom is 0.261 e. The van der Waals surface area contributed by atoms with Crippen LogP contribution < -0.4 is 0 Å². The summed E-state index contributed by atoms with van der Waals surface area (Å²) in [5.74, 6) is -0.0991. The largest absolute Gasteiger partial charge is 0.467 e. The number of hydrogen-bond donors (Lipinski definition) is 0. The first kappa shape index (κ1) is 18.7. The lowest BCUT2D eigenvalue weighted by molar-refractivity contribution is 0.0642. The molecule has 0 aliphatic carbocycles. The minimum Gasteiger partial charge on any atom is -0.467 e. The second-order valence-corrected chi connectivity index (χ2v) is 7.05. The first-order valence-corrected chi connectivity index (χ1v) is 9.32. The topological polar surface area (TPSA) is 70.8 Å². The molecule has 0 fully saturated rings. The smallest absolute Gasteiger partial charge is 0.261 e. The van der Waals surface area contributed by atoms with Gasteiger partial charge < -0.3 is 9.32 Å². The SMILES string of the molecule is CC(c1ccco1)N(C)C(=O)c1cccc(CN2C(=O)c3ccccc3C2=O)c1. The van der Waals surface area contributed by atoms with E-state index < -0.39 is 0 Å². The predicted octanol–water partition coefficient (Wildman–Crippen LogP) is 3.91. The molecule has 2 heterocycles. The van der Waals surface area contributed by atoms with Crippen molar-refractivity contribution < 1.29 is 18.8 Å². The van der Waals surface area contributed by atoms with Crippen molar-refractivity contribution in [2.45, 2.75) is 19.5 Å². The summed E-state index contributed by atoms with van der Waals surface area (Å²) in [5.41, 5.74) is 2.03. The summed E-state index contributed by atoms with van der Waals surface area (Å²) >= 11 is 0. The average molecular weight is 388 g/mol. The van der Waals surface area contributed by atoms with Crippen LogP contribution in [0.5, 0.6) is 0 Å². The minimum atomic E-state index is -0.314. The number of rotatable bonds is 5. The van der Waals surface area contributed by atoms with Crippen molar-refractivity contribution in [2.75, 3.05) is 7.05 Å². The van der Waals surface area contributed by atoms with Gasteiger partial charge in [-0.1, -0.05) is 24.3 Å². The third-order valence-electron chi connectivity index (χ3n) is 5.25. The Bertz CT molecular complexity index is 1050. The lowest BCUT2D eigenvalue weighted by atomic mass is 10.1. The molecule has 1 aliphatic heterocycles. The number of benzene rings is 2. The van der Waals surface area contributed by atoms with Crippen LogP contribution in [0.2, 0.25) is 0 Å². The Morgan fingerprint density at radius 1 is 1.00 bits per heavy atom. The van der Waals surface area contributed by atoms with Gasteiger partial charge in [-0.15, -0.1) is 0 Å². The molecule has 6 nitrogen and oxygen atoms in total. The van der Waals surface area contributed by atoms with Crippen molar-refractivity contribution in [3.8, 4) is 0 Å². The molecule has 0 N–H and O–H groups in total. The number of furan rings is 1. The first-order valence-electron chi connectivity index (χ1n) is 9.32. The molecule has 1 aliphatic rings. The monoisotopic (exact) mass is 388 g/mol. The van der Waals surface area contributed by atoms with Crippen LogP contribution in [0.3, 0.4) is 0 Å². The Labute approximate surface area is 168 Å². The Morgan fingerprint density at radius 2 is 1.69 bits per heavy atom. The van der Waals surface area contributed by atoms with Crippen LogP contribution in [0.4, 0.5) is 0 Å². The lowest BCUT2D eigenvalue weighted by Crippen LogP contribution is -2.30. The first-order chi connectivity index (χ1) is 14.0. The molecule has 29 heavy (non-hydrogen) atoms. The molecule has 6 heteroatoms. The van der Waals surface area contributed by atoms with E-state index in [0.717, 1.165) is 0 Å². The van der Waals surface area contributed by atoms with Crippen molar-refractivity contribution >= 4 is 17.7 Å². The Kier molecular flexibility index (Phi) is 4.76. The quantitative estimate of drug-likeness (QED) is 0.622. The molecule has 3 aromatic rings. The fourth-order valence-electron chi connectivity index (χ4n) is 3.47. The van der Waals surface area contributed by atoms with Gasteiger partial charge >= 0.3 is 0 Å². The molecule has 0 spiro atoms. The second-order valence-electron chi connectivity index (χ2n) is 7.05. The summed E-state index contributed by atoms with van der Waals surface area (Å²) in [4.78, 5) is 40.9. The molecule has 4 rings (SSSR count). The van der Waals surface area contributed by atoms with Crippen molar-refractivity contribution in [2.24, 2.45) is 0 Å². The summed E-state index contributed by atoms with van der Waals surface area (Å²) in [7, 11) is 1.71. The van der Waals surface area contributed by atoms with Crippen LogP contribution >= 0.6 is 0 Å². The summed E-state index contributed by atoms with van der Waals surface area (Å²) < 4.78 is 5.39. The van der Waals surface area contributed by atoms with Crippen LogP contribution in [0.1, 0.15) is 55.4 Å². The Hall–Kier alpha value is -3.67. The normalized spacial score (nSPS) is 14.1. The summed E-state index contributed by atoms with van der Waals surface area (Å²) in [5, 5.41) is 0. The van der Waals surface area contributed by atoms with E-state index in [1.807, 2.05) is 13.0 Å². The maximum atomic E-state index is 12.9. The van der Waals surface area contributed by atoms with Crippen LogP contribution in [-0.2, 0) is 6.54 Å². The molecule has 1 aromatic heterocycles. The van der Waals surface area contributed by atoms with E-state index in [9.17, 15) is 14.4 Å². The standard InChI is InChI=1S/C23H20N2O4/c1-15(20-11-6-12-29-20)24(2)21(26)17-8-5-7-16(13-17)14-25-22(27)18-9-3-4-10-19(18)23(25)28/h3-13,15H,14H2,1-2H3. The van der Waals surface area contributed by atoms with E-state index in [2.05, 4.69) is 0 Å². The third kappa shape index (κ3) is 3.33. The molecule has 0 saturated carbocycles. The van der Waals surface area contributed by atoms with Crippen LogP contribution in [-0.4, -0.2) is 34.6 Å². The molecule has 2 aromatic carbocycles. The van der Waals surface area contributed by atoms with Crippen molar-refractivity contribution in [3.05, 3.63) is 94.9 Å². The van der Waals surface area contributed by atoms with Crippen LogP contribution in [0.25, 0.3) is 0 Å². The van der Waals surface area contributed by atoms with Crippen molar-refractivity contribution in [3.63, 3.8) is 0 Å². The van der Waals surface area contributed by atoms with Gasteiger partial charge in [-0.3, -0.25) is 19.3 Å². The van der Waals surface area contributed by atoms with E-state index in [-0.39, 0.29) is 30.3 Å². The molecule has 0 radical (unpaired) electrons. The number of imide groups is 1. The molecule has 0 bridgehead atoms. The Balaban J connectivity index is 1.53. The number of nitrogens with zero attached hydrogens (tertiary/aromatic N) is 2. The van der Waals surface area contributed by atoms with Gasteiger partial charge in [0.25, 0.3) is 17.7 Å². The molecular weight excluding hydrogens is 368 g/mol. The second kappa shape index (κ2) is 7.39. The predicted molar refractivity (Wildman–Crippen MR) is 106 cm³/mol. The third-order valence-corrected chi connectivity index (χ3v) is 5.25. The van der Waals surface area contributed by atoms with Gasteiger partial charge in [0.2, 0.25) is 0 Å². The fourth-order valence-corrected chi connectivity index (χ4v) is 3.47. The summed E-state index contributed by atoms with van der Waals surface area (Å²) in [6, 6.07) is 17.2. The van der Waals surface area contributed by atoms with Gasteiger partial charge in [0.1, 0.15) is 5.76 Å². The fraction of sp³-hybridized carbons (Fsp3) is 0.174. The minimum absolute atomic E-state index is 0.116. The highest BCUT2D eigenvalue weighted by Gasteiger charge is 2.35. The maximum absolute atomic E-state index is 12.9. The highest BCUT2D eigenvalue weighted by molar-refractivity contribution is 6.21. The number of fused-ring (bicyclic) bond motifs is 1. The Morgan fingerprint density at radius 3 is 2.31 bits per heavy atom. The van der Waals surface area contributed by atoms with E-state index in [4.69, 9.17) is 4.42 Å². The molecular formula is C23H20N2O4.